The normalized spacial score (nSPS) is 22.2. The fourth-order valence-electron chi connectivity index (χ4n) is 4.90. The summed E-state index contributed by atoms with van der Waals surface area (Å²) >= 11 is 0. The van der Waals surface area contributed by atoms with Gasteiger partial charge >= 0.3 is 6.36 Å². The number of halogens is 4. The van der Waals surface area contributed by atoms with Gasteiger partial charge in [-0.05, 0) is 37.1 Å². The average Bonchev–Trinajstić information content (AvgIpc) is 3.27. The predicted molar refractivity (Wildman–Crippen MR) is 126 cm³/mol. The van der Waals surface area contributed by atoms with Crippen molar-refractivity contribution in [2.45, 2.75) is 37.5 Å². The number of ether oxygens (including phenoxy) is 2. The summed E-state index contributed by atoms with van der Waals surface area (Å²) in [6.45, 7) is 3.93. The molecule has 13 heteroatoms. The molecule has 0 bridgehead atoms. The van der Waals surface area contributed by atoms with Crippen molar-refractivity contribution in [1.29, 1.82) is 0 Å². The van der Waals surface area contributed by atoms with Gasteiger partial charge in [0.2, 0.25) is 5.95 Å². The number of piperidine rings is 1. The van der Waals surface area contributed by atoms with Crippen LogP contribution < -0.4 is 10.1 Å². The Morgan fingerprint density at radius 1 is 1.14 bits per heavy atom. The van der Waals surface area contributed by atoms with Crippen LogP contribution >= 0.6 is 0 Å². The van der Waals surface area contributed by atoms with Crippen molar-refractivity contribution in [3.05, 3.63) is 42.9 Å². The second-order valence-electron chi connectivity index (χ2n) is 9.56. The molecule has 0 aliphatic carbocycles. The molecule has 0 saturated carbocycles. The molecule has 9 nitrogen and oxygen atoms in total. The van der Waals surface area contributed by atoms with Crippen LogP contribution in [-0.2, 0) is 4.74 Å². The molecule has 0 unspecified atom stereocenters. The van der Waals surface area contributed by atoms with E-state index in [1.165, 1.54) is 16.9 Å². The summed E-state index contributed by atoms with van der Waals surface area (Å²) in [5.74, 6) is -0.839. The number of hydrogen-bond acceptors (Lipinski definition) is 8. The van der Waals surface area contributed by atoms with Crippen molar-refractivity contribution in [2.24, 2.45) is 0 Å². The Balaban J connectivity index is 1.32. The SMILES string of the molecule is CC1(N2CC[C@H](Nc3nc(OC(F)(F)F)c4c(-c5ccc6nccnc6c5)ccn4n3)[C@H](F)C2)COC1. The number of nitrogens with zero attached hydrogens (tertiary/aromatic N) is 6. The molecule has 2 saturated heterocycles. The maximum absolute atomic E-state index is 15.1. The standard InChI is InChI=1S/C24H23F4N7O2/c1-23(12-36-13-23)34-8-5-17(16(25)11-34)31-22-32-21(37-24(26,27)28)20-15(4-9-35(20)33-22)14-2-3-18-19(10-14)30-7-6-29-18/h2-4,6-7,9-10,16-17H,5,8,11-13H2,1H3,(H,31,33)/t16-,17+/m1/s1. The lowest BCUT2D eigenvalue weighted by molar-refractivity contribution is -0.275. The Labute approximate surface area is 208 Å². The number of nitrogens with one attached hydrogen (secondary N) is 1. The molecule has 5 heterocycles. The van der Waals surface area contributed by atoms with E-state index in [-0.39, 0.29) is 23.5 Å². The zero-order valence-electron chi connectivity index (χ0n) is 19.7. The van der Waals surface area contributed by atoms with Crippen LogP contribution in [0.5, 0.6) is 5.88 Å². The minimum absolute atomic E-state index is 0.0237. The van der Waals surface area contributed by atoms with E-state index in [9.17, 15) is 13.2 Å². The van der Waals surface area contributed by atoms with E-state index in [0.717, 1.165) is 0 Å². The minimum Gasteiger partial charge on any atom is -0.385 e. The van der Waals surface area contributed by atoms with Crippen LogP contribution in [0.25, 0.3) is 27.7 Å². The van der Waals surface area contributed by atoms with Gasteiger partial charge in [0.05, 0.1) is 35.8 Å². The lowest BCUT2D eigenvalue weighted by atomic mass is 9.92. The molecular weight excluding hydrogens is 494 g/mol. The predicted octanol–water partition coefficient (Wildman–Crippen LogP) is 3.85. The van der Waals surface area contributed by atoms with Crippen molar-refractivity contribution < 1.29 is 27.0 Å². The molecule has 194 valence electrons. The van der Waals surface area contributed by atoms with E-state index in [1.54, 1.807) is 30.5 Å². The summed E-state index contributed by atoms with van der Waals surface area (Å²) in [5.41, 5.74) is 2.08. The number of likely N-dealkylation sites (tertiary alicyclic amines) is 1. The molecule has 0 radical (unpaired) electrons. The van der Waals surface area contributed by atoms with Gasteiger partial charge < -0.3 is 14.8 Å². The molecule has 2 aliphatic rings. The fourth-order valence-corrected chi connectivity index (χ4v) is 4.90. The third-order valence-electron chi connectivity index (χ3n) is 6.92. The lowest BCUT2D eigenvalue weighted by Crippen LogP contribution is -2.64. The number of aromatic nitrogens is 5. The summed E-state index contributed by atoms with van der Waals surface area (Å²) in [6.07, 6.45) is -1.22. The molecule has 1 N–H and O–H groups in total. The van der Waals surface area contributed by atoms with Crippen molar-refractivity contribution in [3.8, 4) is 17.0 Å². The Morgan fingerprint density at radius 2 is 1.92 bits per heavy atom. The molecule has 2 fully saturated rings. The largest absolute Gasteiger partial charge is 0.574 e. The van der Waals surface area contributed by atoms with Crippen LogP contribution in [0.4, 0.5) is 23.5 Å². The second kappa shape index (κ2) is 8.77. The smallest absolute Gasteiger partial charge is 0.385 e. The third-order valence-corrected chi connectivity index (χ3v) is 6.92. The van der Waals surface area contributed by atoms with Gasteiger partial charge in [-0.1, -0.05) is 6.07 Å². The Morgan fingerprint density at radius 3 is 2.62 bits per heavy atom. The first-order valence-electron chi connectivity index (χ1n) is 11.8. The van der Waals surface area contributed by atoms with Crippen molar-refractivity contribution in [1.82, 2.24) is 29.5 Å². The molecule has 2 aliphatic heterocycles. The van der Waals surface area contributed by atoms with Gasteiger partial charge in [0.15, 0.2) is 0 Å². The lowest BCUT2D eigenvalue weighted by Gasteiger charge is -2.50. The van der Waals surface area contributed by atoms with Crippen LogP contribution in [0.2, 0.25) is 0 Å². The van der Waals surface area contributed by atoms with Crippen molar-refractivity contribution in [3.63, 3.8) is 0 Å². The zero-order valence-corrected chi connectivity index (χ0v) is 19.7. The summed E-state index contributed by atoms with van der Waals surface area (Å²) < 4.78 is 66.0. The number of hydrogen-bond donors (Lipinski definition) is 1. The Bertz CT molecular complexity index is 1460. The van der Waals surface area contributed by atoms with Gasteiger partial charge in [-0.3, -0.25) is 14.9 Å². The molecule has 4 aromatic rings. The van der Waals surface area contributed by atoms with Crippen molar-refractivity contribution in [2.75, 3.05) is 31.6 Å². The average molecular weight is 517 g/mol. The molecule has 3 aromatic heterocycles. The maximum atomic E-state index is 15.1. The van der Waals surface area contributed by atoms with Crippen LogP contribution in [0.15, 0.2) is 42.9 Å². The highest BCUT2D eigenvalue weighted by Gasteiger charge is 2.44. The molecule has 0 amide bonds. The second-order valence-corrected chi connectivity index (χ2v) is 9.56. The van der Waals surface area contributed by atoms with E-state index < -0.39 is 24.5 Å². The Kier molecular flexibility index (Phi) is 5.64. The topological polar surface area (TPSA) is 89.7 Å². The minimum atomic E-state index is -4.99. The molecule has 6 rings (SSSR count). The fraction of sp³-hybridized carbons (Fsp3) is 0.417. The van der Waals surface area contributed by atoms with Gasteiger partial charge in [0.1, 0.15) is 11.7 Å². The molecule has 37 heavy (non-hydrogen) atoms. The number of alkyl halides is 4. The first kappa shape index (κ1) is 23.8. The summed E-state index contributed by atoms with van der Waals surface area (Å²) in [6, 6.07) is 6.13. The highest BCUT2D eigenvalue weighted by atomic mass is 19.4. The molecule has 2 atom stereocenters. The van der Waals surface area contributed by atoms with E-state index in [0.29, 0.717) is 48.3 Å². The number of benzene rings is 1. The maximum Gasteiger partial charge on any atom is 0.574 e. The van der Waals surface area contributed by atoms with E-state index in [4.69, 9.17) is 4.74 Å². The first-order valence-corrected chi connectivity index (χ1v) is 11.8. The van der Waals surface area contributed by atoms with Crippen LogP contribution in [0.1, 0.15) is 13.3 Å². The quantitative estimate of drug-likeness (QED) is 0.400. The number of fused-ring (bicyclic) bond motifs is 2. The summed E-state index contributed by atoms with van der Waals surface area (Å²) in [7, 11) is 0. The van der Waals surface area contributed by atoms with Gasteiger partial charge in [-0.2, -0.15) is 4.98 Å². The van der Waals surface area contributed by atoms with Crippen LogP contribution in [-0.4, -0.2) is 79.9 Å². The highest BCUT2D eigenvalue weighted by Crippen LogP contribution is 2.35. The highest BCUT2D eigenvalue weighted by molar-refractivity contribution is 5.89. The van der Waals surface area contributed by atoms with Gasteiger partial charge in [-0.15, -0.1) is 18.3 Å². The summed E-state index contributed by atoms with van der Waals surface area (Å²) in [5, 5.41) is 7.21. The molecule has 0 spiro atoms. The Hall–Kier alpha value is -3.58. The number of anilines is 1. The molecule has 1 aromatic carbocycles. The van der Waals surface area contributed by atoms with E-state index in [1.807, 2.05) is 11.8 Å². The van der Waals surface area contributed by atoms with Crippen LogP contribution in [0.3, 0.4) is 0 Å². The van der Waals surface area contributed by atoms with Crippen molar-refractivity contribution >= 4 is 22.5 Å². The van der Waals surface area contributed by atoms with Gasteiger partial charge in [-0.25, -0.2) is 8.91 Å². The zero-order chi connectivity index (χ0) is 25.8. The van der Waals surface area contributed by atoms with E-state index in [2.05, 4.69) is 30.1 Å². The van der Waals surface area contributed by atoms with Gasteiger partial charge in [0.25, 0.3) is 5.88 Å². The molecular formula is C24H23F4N7O2. The van der Waals surface area contributed by atoms with Gasteiger partial charge in [0, 0.05) is 37.2 Å². The monoisotopic (exact) mass is 517 g/mol. The third kappa shape index (κ3) is 4.53. The van der Waals surface area contributed by atoms with E-state index >= 15 is 4.39 Å². The number of rotatable bonds is 5. The first-order chi connectivity index (χ1) is 17.7. The summed E-state index contributed by atoms with van der Waals surface area (Å²) in [4.78, 5) is 14.5. The van der Waals surface area contributed by atoms with Crippen LogP contribution in [0, 0.1) is 0 Å².